The van der Waals surface area contributed by atoms with Crippen LogP contribution in [0, 0.1) is 21.0 Å². The first-order valence-corrected chi connectivity index (χ1v) is 7.14. The molecule has 1 aromatic carbocycles. The van der Waals surface area contributed by atoms with E-state index in [9.17, 15) is 18.0 Å². The van der Waals surface area contributed by atoms with Crippen molar-refractivity contribution >= 4 is 22.6 Å². The molecule has 0 atom stereocenters. The lowest BCUT2D eigenvalue weighted by Gasteiger charge is -2.19. The summed E-state index contributed by atoms with van der Waals surface area (Å²) in [7, 11) is 0. The average molecular weight is 408 g/mol. The molecule has 3 nitrogen and oxygen atoms in total. The van der Waals surface area contributed by atoms with Crippen molar-refractivity contribution in [3.05, 3.63) is 49.2 Å². The van der Waals surface area contributed by atoms with Crippen molar-refractivity contribution < 1.29 is 13.2 Å². The topological polar surface area (TPSA) is 45.8 Å². The van der Waals surface area contributed by atoms with E-state index in [1.165, 1.54) is 0 Å². The largest absolute Gasteiger partial charge is 0.306 e. The number of H-pyrrole nitrogens is 1. The molecule has 0 aliphatic rings. The van der Waals surface area contributed by atoms with Crippen molar-refractivity contribution in [1.29, 1.82) is 0 Å². The number of hydrogen-bond donors (Lipinski definition) is 1. The summed E-state index contributed by atoms with van der Waals surface area (Å²) in [4.78, 5) is 18.7. The van der Waals surface area contributed by atoms with E-state index in [2.05, 4.69) is 9.97 Å². The van der Waals surface area contributed by atoms with Crippen LogP contribution >= 0.6 is 22.6 Å². The van der Waals surface area contributed by atoms with Gasteiger partial charge in [0.1, 0.15) is 9.39 Å². The number of aromatic nitrogens is 2. The molecule has 2 aromatic rings. The summed E-state index contributed by atoms with van der Waals surface area (Å²) in [6.07, 6.45) is 0. The van der Waals surface area contributed by atoms with Crippen LogP contribution in [-0.4, -0.2) is 9.97 Å². The Balaban J connectivity index is 2.71. The van der Waals surface area contributed by atoms with E-state index in [0.717, 1.165) is 12.1 Å². The first kappa shape index (κ1) is 16.0. The minimum Gasteiger partial charge on any atom is -0.306 e. The van der Waals surface area contributed by atoms with Crippen molar-refractivity contribution in [3.8, 4) is 11.4 Å². The van der Waals surface area contributed by atoms with E-state index < -0.39 is 28.4 Å². The monoisotopic (exact) mass is 408 g/mol. The Hall–Kier alpha value is -1.38. The van der Waals surface area contributed by atoms with Gasteiger partial charge in [-0.25, -0.2) is 18.2 Å². The smallest absolute Gasteiger partial charge is 0.264 e. The van der Waals surface area contributed by atoms with Crippen LogP contribution in [0.1, 0.15) is 26.5 Å². The molecule has 0 spiro atoms. The molecular weight excluding hydrogens is 396 g/mol. The maximum atomic E-state index is 13.3. The van der Waals surface area contributed by atoms with Crippen LogP contribution < -0.4 is 5.56 Å². The fourth-order valence-corrected chi connectivity index (χ4v) is 2.85. The summed E-state index contributed by atoms with van der Waals surface area (Å²) in [5.41, 5.74) is -0.343. The molecule has 0 aliphatic carbocycles. The van der Waals surface area contributed by atoms with Crippen molar-refractivity contribution in [3.63, 3.8) is 0 Å². The zero-order valence-corrected chi connectivity index (χ0v) is 13.7. The second kappa shape index (κ2) is 5.43. The van der Waals surface area contributed by atoms with Gasteiger partial charge >= 0.3 is 0 Å². The molecule has 7 heteroatoms. The van der Waals surface area contributed by atoms with Gasteiger partial charge in [-0.2, -0.15) is 0 Å². The summed E-state index contributed by atoms with van der Waals surface area (Å²) >= 11 is 1.87. The van der Waals surface area contributed by atoms with E-state index in [0.29, 0.717) is 9.26 Å². The third-order valence-electron chi connectivity index (χ3n) is 2.83. The van der Waals surface area contributed by atoms with Gasteiger partial charge in [0.15, 0.2) is 17.5 Å². The standard InChI is InChI=1S/C14H12F3IN2O/c1-14(2,3)11-10(18)13(21)20-12(19-11)6-4-7(15)9(17)8(16)5-6/h4-5H,1-3H3,(H,19,20,21). The zero-order chi connectivity index (χ0) is 15.9. The van der Waals surface area contributed by atoms with Crippen LogP contribution in [0.15, 0.2) is 16.9 Å². The Labute approximate surface area is 132 Å². The highest BCUT2D eigenvalue weighted by Crippen LogP contribution is 2.26. The molecule has 0 unspecified atom stereocenters. The van der Waals surface area contributed by atoms with Gasteiger partial charge in [-0.1, -0.05) is 20.8 Å². The molecule has 0 saturated heterocycles. The third-order valence-corrected chi connectivity index (χ3v) is 3.83. The maximum Gasteiger partial charge on any atom is 0.264 e. The Kier molecular flexibility index (Phi) is 4.14. The second-order valence-corrected chi connectivity index (χ2v) is 6.66. The number of hydrogen-bond acceptors (Lipinski definition) is 2. The molecule has 0 fully saturated rings. The summed E-state index contributed by atoms with van der Waals surface area (Å²) in [5, 5.41) is 0. The quantitative estimate of drug-likeness (QED) is 0.577. The molecule has 1 aromatic heterocycles. The van der Waals surface area contributed by atoms with Crippen LogP contribution in [-0.2, 0) is 5.41 Å². The number of aromatic amines is 1. The molecule has 0 amide bonds. The third kappa shape index (κ3) is 3.12. The molecule has 0 radical (unpaired) electrons. The number of nitrogens with zero attached hydrogens (tertiary/aromatic N) is 1. The van der Waals surface area contributed by atoms with Gasteiger partial charge in [0.2, 0.25) is 0 Å². The lowest BCUT2D eigenvalue weighted by atomic mass is 9.92. The van der Waals surface area contributed by atoms with Crippen LogP contribution in [0.5, 0.6) is 0 Å². The van der Waals surface area contributed by atoms with Gasteiger partial charge in [-0.05, 0) is 34.7 Å². The van der Waals surface area contributed by atoms with Crippen molar-refractivity contribution in [2.45, 2.75) is 26.2 Å². The van der Waals surface area contributed by atoms with E-state index >= 15 is 0 Å². The van der Waals surface area contributed by atoms with Gasteiger partial charge in [-0.3, -0.25) is 4.79 Å². The molecule has 21 heavy (non-hydrogen) atoms. The maximum absolute atomic E-state index is 13.3. The molecule has 0 bridgehead atoms. The van der Waals surface area contributed by atoms with Crippen molar-refractivity contribution in [1.82, 2.24) is 9.97 Å². The summed E-state index contributed by atoms with van der Waals surface area (Å²) in [6, 6.07) is 1.60. The molecule has 1 heterocycles. The number of benzene rings is 1. The first-order valence-electron chi connectivity index (χ1n) is 6.06. The molecule has 0 saturated carbocycles. The van der Waals surface area contributed by atoms with Gasteiger partial charge in [-0.15, -0.1) is 0 Å². The Morgan fingerprint density at radius 2 is 1.67 bits per heavy atom. The normalized spacial score (nSPS) is 11.8. The predicted molar refractivity (Wildman–Crippen MR) is 81.6 cm³/mol. The lowest BCUT2D eigenvalue weighted by Crippen LogP contribution is -2.24. The molecule has 1 N–H and O–H groups in total. The minimum atomic E-state index is -1.55. The minimum absolute atomic E-state index is 0.00291. The van der Waals surface area contributed by atoms with Crippen LogP contribution in [0.4, 0.5) is 13.2 Å². The Morgan fingerprint density at radius 1 is 1.14 bits per heavy atom. The lowest BCUT2D eigenvalue weighted by molar-refractivity contribution is 0.447. The van der Waals surface area contributed by atoms with E-state index in [1.54, 1.807) is 0 Å². The average Bonchev–Trinajstić information content (AvgIpc) is 2.37. The fraction of sp³-hybridized carbons (Fsp3) is 0.286. The van der Waals surface area contributed by atoms with Gasteiger partial charge in [0.25, 0.3) is 5.56 Å². The highest BCUT2D eigenvalue weighted by Gasteiger charge is 2.23. The zero-order valence-electron chi connectivity index (χ0n) is 11.5. The second-order valence-electron chi connectivity index (χ2n) is 5.58. The Bertz CT molecular complexity index is 743. The number of nitrogens with one attached hydrogen (secondary N) is 1. The highest BCUT2D eigenvalue weighted by atomic mass is 127. The van der Waals surface area contributed by atoms with Crippen molar-refractivity contribution in [2.24, 2.45) is 0 Å². The first-order chi connectivity index (χ1) is 9.61. The SMILES string of the molecule is CC(C)(C)c1nc(-c2cc(F)c(F)c(F)c2)[nH]c(=O)c1I. The van der Waals surface area contributed by atoms with Gasteiger partial charge in [0, 0.05) is 11.0 Å². The molecule has 112 valence electrons. The number of halogens is 4. The van der Waals surface area contributed by atoms with E-state index in [-0.39, 0.29) is 11.4 Å². The summed E-state index contributed by atoms with van der Waals surface area (Å²) < 4.78 is 40.0. The molecule has 0 aliphatic heterocycles. The summed E-state index contributed by atoms with van der Waals surface area (Å²) in [6.45, 7) is 5.60. The van der Waals surface area contributed by atoms with Crippen LogP contribution in [0.25, 0.3) is 11.4 Å². The van der Waals surface area contributed by atoms with Gasteiger partial charge in [0.05, 0.1) is 5.69 Å². The number of rotatable bonds is 1. The summed E-state index contributed by atoms with van der Waals surface area (Å²) in [5.74, 6) is -4.21. The highest BCUT2D eigenvalue weighted by molar-refractivity contribution is 14.1. The van der Waals surface area contributed by atoms with Gasteiger partial charge < -0.3 is 4.98 Å². The van der Waals surface area contributed by atoms with Crippen LogP contribution in [0.3, 0.4) is 0 Å². The molecular formula is C14H12F3IN2O. The Morgan fingerprint density at radius 3 is 2.14 bits per heavy atom. The van der Waals surface area contributed by atoms with E-state index in [1.807, 2.05) is 43.4 Å². The molecule has 2 rings (SSSR count). The fourth-order valence-electron chi connectivity index (χ4n) is 1.78. The van der Waals surface area contributed by atoms with Crippen LogP contribution in [0.2, 0.25) is 0 Å². The predicted octanol–water partition coefficient (Wildman–Crippen LogP) is 3.76. The van der Waals surface area contributed by atoms with E-state index in [4.69, 9.17) is 0 Å². The van der Waals surface area contributed by atoms with Crippen molar-refractivity contribution in [2.75, 3.05) is 0 Å².